The predicted molar refractivity (Wildman–Crippen MR) is 92.0 cm³/mol. The zero-order chi connectivity index (χ0) is 20.6. The second kappa shape index (κ2) is 7.21. The van der Waals surface area contributed by atoms with E-state index in [1.807, 2.05) is 6.92 Å². The molecule has 1 heterocycles. The Balaban J connectivity index is 2.21. The van der Waals surface area contributed by atoms with E-state index in [-0.39, 0.29) is 5.92 Å². The van der Waals surface area contributed by atoms with Crippen LogP contribution in [0.3, 0.4) is 0 Å². The van der Waals surface area contributed by atoms with E-state index in [0.29, 0.717) is 25.1 Å². The summed E-state index contributed by atoms with van der Waals surface area (Å²) in [6, 6.07) is 3.98. The topological polar surface area (TPSA) is 72.9 Å². The van der Waals surface area contributed by atoms with Crippen LogP contribution in [0.4, 0.5) is 18.0 Å². The Morgan fingerprint density at radius 2 is 1.85 bits per heavy atom. The second-order valence-corrected chi connectivity index (χ2v) is 8.96. The van der Waals surface area contributed by atoms with Crippen molar-refractivity contribution < 1.29 is 35.3 Å². The van der Waals surface area contributed by atoms with Crippen LogP contribution in [-0.2, 0) is 21.3 Å². The summed E-state index contributed by atoms with van der Waals surface area (Å²) in [6.07, 6.45) is -0.138. The van der Waals surface area contributed by atoms with Crippen LogP contribution in [0, 0.1) is 0 Å². The molecule has 1 aromatic carbocycles. The summed E-state index contributed by atoms with van der Waals surface area (Å²) in [5, 5.41) is 0. The number of amides is 1. The number of hydrogen-bond acceptors (Lipinski definition) is 5. The van der Waals surface area contributed by atoms with Gasteiger partial charge in [-0.05, 0) is 56.4 Å². The van der Waals surface area contributed by atoms with E-state index in [9.17, 15) is 26.4 Å². The highest BCUT2D eigenvalue weighted by atomic mass is 32.2. The van der Waals surface area contributed by atoms with E-state index < -0.39 is 33.1 Å². The first-order valence-corrected chi connectivity index (χ1v) is 9.72. The molecule has 10 heteroatoms. The fraction of sp³-hybridized carbons (Fsp3) is 0.588. The van der Waals surface area contributed by atoms with Gasteiger partial charge in [-0.15, -0.1) is 0 Å². The van der Waals surface area contributed by atoms with Crippen molar-refractivity contribution in [1.82, 2.24) is 4.90 Å². The Labute approximate surface area is 156 Å². The number of carbonyl (C=O) groups is 1. The lowest BCUT2D eigenvalue weighted by Crippen LogP contribution is -2.38. The molecule has 0 spiro atoms. The Morgan fingerprint density at radius 3 is 2.41 bits per heavy atom. The molecule has 0 bridgehead atoms. The summed E-state index contributed by atoms with van der Waals surface area (Å²) >= 11 is 0. The first-order valence-electron chi connectivity index (χ1n) is 8.31. The van der Waals surface area contributed by atoms with Gasteiger partial charge in [0.15, 0.2) is 0 Å². The van der Waals surface area contributed by atoms with Crippen LogP contribution >= 0.6 is 0 Å². The fourth-order valence-corrected chi connectivity index (χ4v) is 3.22. The SMILES string of the molecule is CC1CN(C(=O)OC(C)(C)C)CCc2cc(OS(=O)(=O)C(F)(F)F)ccc21. The molecule has 0 N–H and O–H groups in total. The zero-order valence-electron chi connectivity index (χ0n) is 15.5. The van der Waals surface area contributed by atoms with Gasteiger partial charge in [0.25, 0.3) is 0 Å². The van der Waals surface area contributed by atoms with Crippen molar-refractivity contribution in [3.05, 3.63) is 29.3 Å². The van der Waals surface area contributed by atoms with Crippen molar-refractivity contribution in [2.24, 2.45) is 0 Å². The molecule has 1 amide bonds. The lowest BCUT2D eigenvalue weighted by atomic mass is 9.95. The predicted octanol–water partition coefficient (Wildman–Crippen LogP) is 3.81. The van der Waals surface area contributed by atoms with Gasteiger partial charge in [0.1, 0.15) is 11.4 Å². The van der Waals surface area contributed by atoms with E-state index >= 15 is 0 Å². The van der Waals surface area contributed by atoms with E-state index in [4.69, 9.17) is 4.74 Å². The van der Waals surface area contributed by atoms with Crippen LogP contribution in [0.1, 0.15) is 44.7 Å². The van der Waals surface area contributed by atoms with Gasteiger partial charge in [0, 0.05) is 13.1 Å². The average molecular weight is 409 g/mol. The molecule has 27 heavy (non-hydrogen) atoms. The number of nitrogens with zero attached hydrogens (tertiary/aromatic N) is 1. The molecule has 0 saturated heterocycles. The first-order chi connectivity index (χ1) is 12.2. The first kappa shape index (κ1) is 21.3. The van der Waals surface area contributed by atoms with Crippen LogP contribution < -0.4 is 4.18 Å². The van der Waals surface area contributed by atoms with Gasteiger partial charge in [-0.1, -0.05) is 13.0 Å². The number of alkyl halides is 3. The smallest absolute Gasteiger partial charge is 0.444 e. The van der Waals surface area contributed by atoms with Crippen molar-refractivity contribution in [2.75, 3.05) is 13.1 Å². The maximum absolute atomic E-state index is 12.5. The summed E-state index contributed by atoms with van der Waals surface area (Å²) < 4.78 is 69.4. The molecule has 0 aliphatic carbocycles. The van der Waals surface area contributed by atoms with E-state index in [1.54, 1.807) is 20.8 Å². The highest BCUT2D eigenvalue weighted by Crippen LogP contribution is 2.32. The Bertz CT molecular complexity index is 815. The van der Waals surface area contributed by atoms with Gasteiger partial charge in [-0.25, -0.2) is 4.79 Å². The molecule has 0 aromatic heterocycles. The number of ether oxygens (including phenoxy) is 1. The molecular formula is C17H22F3NO5S. The molecule has 1 aliphatic rings. The summed E-state index contributed by atoms with van der Waals surface area (Å²) in [5.74, 6) is -0.521. The number of benzene rings is 1. The molecule has 6 nitrogen and oxygen atoms in total. The Hall–Kier alpha value is -1.97. The molecular weight excluding hydrogens is 387 g/mol. The van der Waals surface area contributed by atoms with Crippen molar-refractivity contribution >= 4 is 16.2 Å². The van der Waals surface area contributed by atoms with E-state index in [2.05, 4.69) is 4.18 Å². The third-order valence-electron chi connectivity index (χ3n) is 3.93. The third kappa shape index (κ3) is 5.27. The molecule has 1 unspecified atom stereocenters. The minimum atomic E-state index is -5.73. The van der Waals surface area contributed by atoms with Crippen molar-refractivity contribution in [3.8, 4) is 5.75 Å². The molecule has 2 rings (SSSR count). The number of carbonyl (C=O) groups excluding carboxylic acids is 1. The highest BCUT2D eigenvalue weighted by Gasteiger charge is 2.48. The molecule has 0 saturated carbocycles. The normalized spacial score (nSPS) is 18.5. The Kier molecular flexibility index (Phi) is 5.70. The van der Waals surface area contributed by atoms with Crippen LogP contribution in [0.15, 0.2) is 18.2 Å². The second-order valence-electron chi connectivity index (χ2n) is 7.42. The van der Waals surface area contributed by atoms with Gasteiger partial charge < -0.3 is 13.8 Å². The minimum Gasteiger partial charge on any atom is -0.444 e. The van der Waals surface area contributed by atoms with E-state index in [1.165, 1.54) is 23.1 Å². The maximum atomic E-state index is 12.5. The fourth-order valence-electron chi connectivity index (χ4n) is 2.77. The summed E-state index contributed by atoms with van der Waals surface area (Å²) in [7, 11) is -5.73. The van der Waals surface area contributed by atoms with Crippen LogP contribution in [0.2, 0.25) is 0 Å². The summed E-state index contributed by atoms with van der Waals surface area (Å²) in [6.45, 7) is 7.81. The lowest BCUT2D eigenvalue weighted by molar-refractivity contribution is -0.0500. The minimum absolute atomic E-state index is 0.108. The lowest BCUT2D eigenvalue weighted by Gasteiger charge is -2.27. The zero-order valence-corrected chi connectivity index (χ0v) is 16.3. The van der Waals surface area contributed by atoms with Crippen LogP contribution in [-0.4, -0.2) is 43.6 Å². The average Bonchev–Trinajstić information content (AvgIpc) is 2.63. The quantitative estimate of drug-likeness (QED) is 0.549. The van der Waals surface area contributed by atoms with Gasteiger partial charge in [-0.2, -0.15) is 21.6 Å². The largest absolute Gasteiger partial charge is 0.534 e. The van der Waals surface area contributed by atoms with Crippen molar-refractivity contribution in [1.29, 1.82) is 0 Å². The highest BCUT2D eigenvalue weighted by molar-refractivity contribution is 7.88. The summed E-state index contributed by atoms with van der Waals surface area (Å²) in [5.41, 5.74) is -4.70. The van der Waals surface area contributed by atoms with Gasteiger partial charge in [0.2, 0.25) is 0 Å². The van der Waals surface area contributed by atoms with Crippen molar-refractivity contribution in [2.45, 2.75) is 51.1 Å². The number of fused-ring (bicyclic) bond motifs is 1. The van der Waals surface area contributed by atoms with Gasteiger partial charge in [0.05, 0.1) is 0 Å². The molecule has 1 atom stereocenters. The maximum Gasteiger partial charge on any atom is 0.534 e. The standard InChI is InChI=1S/C17H22F3NO5S/c1-11-10-21(15(22)25-16(2,3)4)8-7-12-9-13(5-6-14(11)12)26-27(23,24)17(18,19)20/h5-6,9,11H,7-8,10H2,1-4H3. The molecule has 0 radical (unpaired) electrons. The monoisotopic (exact) mass is 409 g/mol. The Morgan fingerprint density at radius 1 is 1.22 bits per heavy atom. The molecule has 1 aliphatic heterocycles. The third-order valence-corrected chi connectivity index (χ3v) is 4.91. The van der Waals surface area contributed by atoms with Gasteiger partial charge >= 0.3 is 21.7 Å². The van der Waals surface area contributed by atoms with E-state index in [0.717, 1.165) is 5.56 Å². The van der Waals surface area contributed by atoms with Crippen LogP contribution in [0.5, 0.6) is 5.75 Å². The van der Waals surface area contributed by atoms with Crippen LogP contribution in [0.25, 0.3) is 0 Å². The number of rotatable bonds is 2. The molecule has 0 fully saturated rings. The molecule has 1 aromatic rings. The molecule has 152 valence electrons. The van der Waals surface area contributed by atoms with Crippen molar-refractivity contribution in [3.63, 3.8) is 0 Å². The summed E-state index contributed by atoms with van der Waals surface area (Å²) in [4.78, 5) is 13.8. The van der Waals surface area contributed by atoms with Gasteiger partial charge in [-0.3, -0.25) is 0 Å². The number of hydrogen-bond donors (Lipinski definition) is 0. The number of halogens is 3.